The number of carbonyl (C=O) groups is 2. The molecule has 114 valence electrons. The Bertz CT molecular complexity index is 372. The van der Waals surface area contributed by atoms with Crippen LogP contribution in [0.4, 0.5) is 4.79 Å². The Balaban J connectivity index is 2.05. The fourth-order valence-corrected chi connectivity index (χ4v) is 3.85. The number of hydrogen-bond acceptors (Lipinski definition) is 2. The molecule has 3 unspecified atom stereocenters. The molecule has 0 aromatic rings. The zero-order valence-electron chi connectivity index (χ0n) is 12.5. The van der Waals surface area contributed by atoms with Gasteiger partial charge in [0.1, 0.15) is 0 Å². The molecule has 3 atom stereocenters. The highest BCUT2D eigenvalue weighted by atomic mass is 16.4. The highest BCUT2D eigenvalue weighted by Crippen LogP contribution is 2.37. The molecule has 1 aliphatic heterocycles. The molecule has 0 radical (unpaired) electrons. The summed E-state index contributed by atoms with van der Waals surface area (Å²) in [5.74, 6) is -0.178. The van der Waals surface area contributed by atoms with Crippen LogP contribution < -0.4 is 0 Å². The van der Waals surface area contributed by atoms with Crippen molar-refractivity contribution in [1.82, 2.24) is 9.80 Å². The highest BCUT2D eigenvalue weighted by Gasteiger charge is 2.39. The van der Waals surface area contributed by atoms with E-state index in [0.29, 0.717) is 18.5 Å². The number of piperidine rings is 1. The van der Waals surface area contributed by atoms with Crippen LogP contribution in [0.1, 0.15) is 52.4 Å². The maximum absolute atomic E-state index is 12.8. The lowest BCUT2D eigenvalue weighted by Crippen LogP contribution is -2.54. The molecule has 2 fully saturated rings. The third kappa shape index (κ3) is 3.07. The minimum Gasteiger partial charge on any atom is -0.481 e. The van der Waals surface area contributed by atoms with Gasteiger partial charge >= 0.3 is 12.0 Å². The first-order valence-corrected chi connectivity index (χ1v) is 7.83. The minimum absolute atomic E-state index is 0.0154. The summed E-state index contributed by atoms with van der Waals surface area (Å²) >= 11 is 0. The Morgan fingerprint density at radius 2 is 2.00 bits per heavy atom. The third-order valence-corrected chi connectivity index (χ3v) is 4.83. The minimum atomic E-state index is -0.846. The van der Waals surface area contributed by atoms with Crippen molar-refractivity contribution in [3.63, 3.8) is 0 Å². The number of amides is 2. The van der Waals surface area contributed by atoms with E-state index < -0.39 is 5.97 Å². The van der Waals surface area contributed by atoms with Crippen molar-refractivity contribution in [2.75, 3.05) is 13.1 Å². The van der Waals surface area contributed by atoms with E-state index in [0.717, 1.165) is 19.4 Å². The van der Waals surface area contributed by atoms with Crippen molar-refractivity contribution in [2.45, 2.75) is 64.5 Å². The number of urea groups is 1. The van der Waals surface area contributed by atoms with Crippen LogP contribution in [0.25, 0.3) is 0 Å². The molecule has 1 saturated heterocycles. The zero-order chi connectivity index (χ0) is 14.7. The molecule has 20 heavy (non-hydrogen) atoms. The first-order valence-electron chi connectivity index (χ1n) is 7.83. The third-order valence-electron chi connectivity index (χ3n) is 4.83. The Kier molecular flexibility index (Phi) is 4.89. The van der Waals surface area contributed by atoms with Crippen molar-refractivity contribution in [3.05, 3.63) is 0 Å². The van der Waals surface area contributed by atoms with E-state index >= 15 is 0 Å². The van der Waals surface area contributed by atoms with E-state index in [4.69, 9.17) is 5.11 Å². The zero-order valence-corrected chi connectivity index (χ0v) is 12.5. The molecule has 0 bridgehead atoms. The van der Waals surface area contributed by atoms with Gasteiger partial charge in [-0.1, -0.05) is 6.42 Å². The van der Waals surface area contributed by atoms with Crippen LogP contribution >= 0.6 is 0 Å². The fraction of sp³-hybridized carbons (Fsp3) is 0.867. The first-order chi connectivity index (χ1) is 9.54. The number of nitrogens with zero attached hydrogens (tertiary/aromatic N) is 2. The van der Waals surface area contributed by atoms with E-state index in [-0.39, 0.29) is 18.5 Å². The van der Waals surface area contributed by atoms with Crippen molar-refractivity contribution in [2.24, 2.45) is 5.92 Å². The van der Waals surface area contributed by atoms with Gasteiger partial charge in [-0.25, -0.2) is 4.79 Å². The van der Waals surface area contributed by atoms with Gasteiger partial charge in [0, 0.05) is 25.2 Å². The quantitative estimate of drug-likeness (QED) is 0.862. The second-order valence-corrected chi connectivity index (χ2v) is 6.11. The van der Waals surface area contributed by atoms with Crippen LogP contribution in [0.2, 0.25) is 0 Å². The number of carboxylic acid groups (broad SMARTS) is 1. The highest BCUT2D eigenvalue weighted by molar-refractivity contribution is 5.76. The molecule has 0 spiro atoms. The Hall–Kier alpha value is -1.26. The average Bonchev–Trinajstić information content (AvgIpc) is 2.86. The number of aliphatic carboxylic acids is 1. The molecular weight excluding hydrogens is 256 g/mol. The van der Waals surface area contributed by atoms with Crippen LogP contribution in [0, 0.1) is 5.92 Å². The van der Waals surface area contributed by atoms with Gasteiger partial charge in [-0.15, -0.1) is 0 Å². The van der Waals surface area contributed by atoms with Gasteiger partial charge in [0.2, 0.25) is 0 Å². The standard InChI is InChI=1S/C15H26N2O3/c1-3-16(11(2)10-14(18)19)15(20)17-9-5-7-12-6-4-8-13(12)17/h11-13H,3-10H2,1-2H3,(H,18,19). The summed E-state index contributed by atoms with van der Waals surface area (Å²) in [5.41, 5.74) is 0. The molecule has 2 rings (SSSR count). The number of likely N-dealkylation sites (tertiary alicyclic amines) is 1. The van der Waals surface area contributed by atoms with Gasteiger partial charge < -0.3 is 14.9 Å². The van der Waals surface area contributed by atoms with Gasteiger partial charge in [0.05, 0.1) is 6.42 Å². The van der Waals surface area contributed by atoms with Crippen LogP contribution in [0.5, 0.6) is 0 Å². The molecule has 2 aliphatic rings. The predicted molar refractivity (Wildman–Crippen MR) is 76.6 cm³/mol. The lowest BCUT2D eigenvalue weighted by Gasteiger charge is -2.41. The Morgan fingerprint density at radius 3 is 2.65 bits per heavy atom. The van der Waals surface area contributed by atoms with E-state index in [2.05, 4.69) is 0 Å². The number of hydrogen-bond donors (Lipinski definition) is 1. The summed E-state index contributed by atoms with van der Waals surface area (Å²) in [6.45, 7) is 5.15. The molecule has 1 saturated carbocycles. The number of carboxylic acids is 1. The molecule has 2 amide bonds. The van der Waals surface area contributed by atoms with E-state index in [1.807, 2.05) is 18.7 Å². The average molecular weight is 282 g/mol. The number of rotatable bonds is 4. The first kappa shape index (κ1) is 15.1. The van der Waals surface area contributed by atoms with Crippen molar-refractivity contribution in [3.8, 4) is 0 Å². The fourth-order valence-electron chi connectivity index (χ4n) is 3.85. The largest absolute Gasteiger partial charge is 0.481 e. The predicted octanol–water partition coefficient (Wildman–Crippen LogP) is 2.56. The normalized spacial score (nSPS) is 27.0. The maximum Gasteiger partial charge on any atom is 0.320 e. The van der Waals surface area contributed by atoms with Gasteiger partial charge in [0.15, 0.2) is 0 Å². The van der Waals surface area contributed by atoms with Crippen molar-refractivity contribution < 1.29 is 14.7 Å². The second-order valence-electron chi connectivity index (χ2n) is 6.11. The summed E-state index contributed by atoms with van der Waals surface area (Å²) in [5, 5.41) is 8.92. The van der Waals surface area contributed by atoms with Crippen LogP contribution in [-0.4, -0.2) is 52.1 Å². The lowest BCUT2D eigenvalue weighted by atomic mass is 9.92. The van der Waals surface area contributed by atoms with Crippen LogP contribution in [-0.2, 0) is 4.79 Å². The Labute approximate surface area is 120 Å². The van der Waals surface area contributed by atoms with Gasteiger partial charge in [-0.05, 0) is 45.4 Å². The summed E-state index contributed by atoms with van der Waals surface area (Å²) in [6.07, 6.45) is 5.91. The molecule has 5 nitrogen and oxygen atoms in total. The van der Waals surface area contributed by atoms with E-state index in [9.17, 15) is 9.59 Å². The molecule has 1 heterocycles. The molecule has 0 aromatic heterocycles. The SMILES string of the molecule is CCN(C(=O)N1CCCC2CCCC21)C(C)CC(=O)O. The lowest BCUT2D eigenvalue weighted by molar-refractivity contribution is -0.138. The van der Waals surface area contributed by atoms with Crippen molar-refractivity contribution >= 4 is 12.0 Å². The summed E-state index contributed by atoms with van der Waals surface area (Å²) in [6, 6.07) is 0.187. The van der Waals surface area contributed by atoms with Gasteiger partial charge in [-0.3, -0.25) is 4.79 Å². The maximum atomic E-state index is 12.8. The molecule has 0 aromatic carbocycles. The second kappa shape index (κ2) is 6.46. The molecule has 5 heteroatoms. The van der Waals surface area contributed by atoms with Crippen LogP contribution in [0.3, 0.4) is 0 Å². The van der Waals surface area contributed by atoms with Crippen molar-refractivity contribution in [1.29, 1.82) is 0 Å². The molecule has 1 N–H and O–H groups in total. The Morgan fingerprint density at radius 1 is 1.30 bits per heavy atom. The summed E-state index contributed by atoms with van der Waals surface area (Å²) in [7, 11) is 0. The summed E-state index contributed by atoms with van der Waals surface area (Å²) < 4.78 is 0. The summed E-state index contributed by atoms with van der Waals surface area (Å²) in [4.78, 5) is 27.3. The van der Waals surface area contributed by atoms with Gasteiger partial charge in [0.25, 0.3) is 0 Å². The van der Waals surface area contributed by atoms with E-state index in [1.165, 1.54) is 19.3 Å². The van der Waals surface area contributed by atoms with Crippen LogP contribution in [0.15, 0.2) is 0 Å². The van der Waals surface area contributed by atoms with Gasteiger partial charge in [-0.2, -0.15) is 0 Å². The monoisotopic (exact) mass is 282 g/mol. The topological polar surface area (TPSA) is 60.9 Å². The number of carbonyl (C=O) groups excluding carboxylic acids is 1. The molecular formula is C15H26N2O3. The number of fused-ring (bicyclic) bond motifs is 1. The smallest absolute Gasteiger partial charge is 0.320 e. The molecule has 1 aliphatic carbocycles. The van der Waals surface area contributed by atoms with E-state index in [1.54, 1.807) is 4.90 Å².